The van der Waals surface area contributed by atoms with E-state index in [4.69, 9.17) is 5.73 Å². The minimum absolute atomic E-state index is 0.270. The number of para-hydroxylation sites is 1. The summed E-state index contributed by atoms with van der Waals surface area (Å²) in [5, 5.41) is 0. The zero-order valence-electron chi connectivity index (χ0n) is 10.6. The van der Waals surface area contributed by atoms with Gasteiger partial charge in [-0.05, 0) is 25.5 Å². The number of benzene rings is 1. The highest BCUT2D eigenvalue weighted by molar-refractivity contribution is 5.45. The largest absolute Gasteiger partial charge is 0.340 e. The first-order chi connectivity index (χ1) is 8.74. The number of nitrogens with zero attached hydrogens (tertiary/aromatic N) is 3. The number of nitrogens with two attached hydrogens (primary N) is 1. The third-order valence-electron chi connectivity index (χ3n) is 3.35. The number of aromatic nitrogens is 2. The van der Waals surface area contributed by atoms with Crippen LogP contribution in [0.2, 0.25) is 0 Å². The fraction of sp³-hybridized carbons (Fsp3) is 0.357. The number of imidazole rings is 1. The molecule has 1 unspecified atom stereocenters. The summed E-state index contributed by atoms with van der Waals surface area (Å²) < 4.78 is 2.15. The Bertz CT molecular complexity index is 532. The van der Waals surface area contributed by atoms with Gasteiger partial charge >= 0.3 is 0 Å². The molecule has 1 aliphatic rings. The van der Waals surface area contributed by atoms with Crippen LogP contribution in [0.5, 0.6) is 0 Å². The van der Waals surface area contributed by atoms with Gasteiger partial charge in [0.05, 0.1) is 5.69 Å². The first kappa shape index (κ1) is 11.3. The molecule has 1 aliphatic heterocycles. The minimum Gasteiger partial charge on any atom is -0.340 e. The van der Waals surface area contributed by atoms with Crippen LogP contribution < -0.4 is 10.6 Å². The summed E-state index contributed by atoms with van der Waals surface area (Å²) in [4.78, 5) is 6.91. The van der Waals surface area contributed by atoms with Crippen molar-refractivity contribution in [3.05, 3.63) is 42.2 Å². The van der Waals surface area contributed by atoms with E-state index in [9.17, 15) is 0 Å². The number of aryl methyl sites for hydroxylation is 1. The standard InChI is InChI=1S/C14H18N4/c1-11-9-18(13-5-3-2-4-6-13)14(16-11)17-8-7-12(15)10-17/h2-6,9,12H,7-8,10,15H2,1H3. The van der Waals surface area contributed by atoms with Crippen molar-refractivity contribution in [3.8, 4) is 5.69 Å². The molecule has 18 heavy (non-hydrogen) atoms. The predicted molar refractivity (Wildman–Crippen MR) is 73.1 cm³/mol. The van der Waals surface area contributed by atoms with Crippen molar-refractivity contribution in [1.29, 1.82) is 0 Å². The first-order valence-corrected chi connectivity index (χ1v) is 6.36. The second-order valence-corrected chi connectivity index (χ2v) is 4.88. The summed E-state index contributed by atoms with van der Waals surface area (Å²) in [6, 6.07) is 10.6. The quantitative estimate of drug-likeness (QED) is 0.872. The molecule has 0 aliphatic carbocycles. The number of anilines is 1. The van der Waals surface area contributed by atoms with Gasteiger partial charge in [-0.25, -0.2) is 4.98 Å². The molecule has 0 spiro atoms. The Morgan fingerprint density at radius 1 is 1.28 bits per heavy atom. The molecular formula is C14H18N4. The second kappa shape index (κ2) is 4.46. The Hall–Kier alpha value is -1.81. The van der Waals surface area contributed by atoms with E-state index in [0.717, 1.165) is 36.8 Å². The molecule has 4 nitrogen and oxygen atoms in total. The molecule has 1 aromatic carbocycles. The molecule has 2 N–H and O–H groups in total. The van der Waals surface area contributed by atoms with E-state index >= 15 is 0 Å². The van der Waals surface area contributed by atoms with Gasteiger partial charge in [-0.15, -0.1) is 0 Å². The molecule has 1 atom stereocenters. The molecule has 1 fully saturated rings. The van der Waals surface area contributed by atoms with Crippen molar-refractivity contribution in [1.82, 2.24) is 9.55 Å². The Morgan fingerprint density at radius 3 is 2.72 bits per heavy atom. The number of hydrogen-bond acceptors (Lipinski definition) is 3. The molecule has 0 amide bonds. The van der Waals surface area contributed by atoms with Crippen molar-refractivity contribution < 1.29 is 0 Å². The molecule has 4 heteroatoms. The lowest BCUT2D eigenvalue weighted by Gasteiger charge is -2.18. The maximum atomic E-state index is 5.98. The lowest BCUT2D eigenvalue weighted by molar-refractivity contribution is 0.749. The molecule has 1 aromatic heterocycles. The summed E-state index contributed by atoms with van der Waals surface area (Å²) in [5.41, 5.74) is 8.16. The average Bonchev–Trinajstić information content (AvgIpc) is 2.96. The van der Waals surface area contributed by atoms with E-state index < -0.39 is 0 Å². The second-order valence-electron chi connectivity index (χ2n) is 4.88. The van der Waals surface area contributed by atoms with Crippen LogP contribution in [0.25, 0.3) is 5.69 Å². The zero-order valence-corrected chi connectivity index (χ0v) is 10.6. The molecule has 94 valence electrons. The maximum Gasteiger partial charge on any atom is 0.210 e. The minimum atomic E-state index is 0.270. The van der Waals surface area contributed by atoms with E-state index in [1.54, 1.807) is 0 Å². The van der Waals surface area contributed by atoms with Crippen LogP contribution in [0, 0.1) is 6.92 Å². The van der Waals surface area contributed by atoms with E-state index in [0.29, 0.717) is 0 Å². The Labute approximate surface area is 107 Å². The van der Waals surface area contributed by atoms with Gasteiger partial charge in [-0.3, -0.25) is 4.57 Å². The molecule has 1 saturated heterocycles. The molecule has 0 saturated carbocycles. The SMILES string of the molecule is Cc1cn(-c2ccccc2)c(N2CCC(N)C2)n1. The average molecular weight is 242 g/mol. The van der Waals surface area contributed by atoms with Crippen molar-refractivity contribution in [2.24, 2.45) is 5.73 Å². The summed E-state index contributed by atoms with van der Waals surface area (Å²) in [6.07, 6.45) is 3.12. The van der Waals surface area contributed by atoms with Crippen LogP contribution in [0.1, 0.15) is 12.1 Å². The molecule has 3 rings (SSSR count). The van der Waals surface area contributed by atoms with Gasteiger partial charge in [0, 0.05) is 31.0 Å². The summed E-state index contributed by atoms with van der Waals surface area (Å²) in [5.74, 6) is 1.01. The van der Waals surface area contributed by atoms with Gasteiger partial charge in [-0.2, -0.15) is 0 Å². The Balaban J connectivity index is 2.00. The molecule has 2 aromatic rings. The van der Waals surface area contributed by atoms with E-state index in [1.165, 1.54) is 0 Å². The lowest BCUT2D eigenvalue weighted by Crippen LogP contribution is -2.28. The topological polar surface area (TPSA) is 47.1 Å². The van der Waals surface area contributed by atoms with Gasteiger partial charge in [0.2, 0.25) is 5.95 Å². The third-order valence-corrected chi connectivity index (χ3v) is 3.35. The number of hydrogen-bond donors (Lipinski definition) is 1. The zero-order chi connectivity index (χ0) is 12.5. The smallest absolute Gasteiger partial charge is 0.210 e. The summed E-state index contributed by atoms with van der Waals surface area (Å²) in [7, 11) is 0. The highest BCUT2D eigenvalue weighted by Gasteiger charge is 2.23. The Kier molecular flexibility index (Phi) is 2.80. The summed E-state index contributed by atoms with van der Waals surface area (Å²) in [6.45, 7) is 3.91. The van der Waals surface area contributed by atoms with Gasteiger partial charge in [0.25, 0.3) is 0 Å². The highest BCUT2D eigenvalue weighted by atomic mass is 15.3. The van der Waals surface area contributed by atoms with Crippen LogP contribution in [0.15, 0.2) is 36.5 Å². The predicted octanol–water partition coefficient (Wildman–Crippen LogP) is 1.72. The van der Waals surface area contributed by atoms with Gasteiger partial charge in [0.15, 0.2) is 0 Å². The summed E-state index contributed by atoms with van der Waals surface area (Å²) >= 11 is 0. The molecule has 2 heterocycles. The van der Waals surface area contributed by atoms with E-state index in [-0.39, 0.29) is 6.04 Å². The lowest BCUT2D eigenvalue weighted by atomic mass is 10.3. The monoisotopic (exact) mass is 242 g/mol. The molecule has 0 radical (unpaired) electrons. The molecule has 0 bridgehead atoms. The van der Waals surface area contributed by atoms with Gasteiger partial charge in [0.1, 0.15) is 0 Å². The maximum absolute atomic E-state index is 5.98. The first-order valence-electron chi connectivity index (χ1n) is 6.36. The van der Waals surface area contributed by atoms with Crippen molar-refractivity contribution in [3.63, 3.8) is 0 Å². The molecular weight excluding hydrogens is 224 g/mol. The fourth-order valence-corrected chi connectivity index (χ4v) is 2.46. The van der Waals surface area contributed by atoms with Crippen LogP contribution in [-0.4, -0.2) is 28.7 Å². The highest BCUT2D eigenvalue weighted by Crippen LogP contribution is 2.23. The van der Waals surface area contributed by atoms with Crippen LogP contribution in [0.3, 0.4) is 0 Å². The van der Waals surface area contributed by atoms with Crippen LogP contribution in [-0.2, 0) is 0 Å². The van der Waals surface area contributed by atoms with Gasteiger partial charge < -0.3 is 10.6 Å². The van der Waals surface area contributed by atoms with E-state index in [1.807, 2.05) is 25.1 Å². The van der Waals surface area contributed by atoms with E-state index in [2.05, 4.69) is 32.8 Å². The normalized spacial score (nSPS) is 19.4. The fourth-order valence-electron chi connectivity index (χ4n) is 2.46. The van der Waals surface area contributed by atoms with Crippen LogP contribution in [0.4, 0.5) is 5.95 Å². The van der Waals surface area contributed by atoms with Crippen LogP contribution >= 0.6 is 0 Å². The van der Waals surface area contributed by atoms with Crippen molar-refractivity contribution in [2.75, 3.05) is 18.0 Å². The van der Waals surface area contributed by atoms with Gasteiger partial charge in [-0.1, -0.05) is 18.2 Å². The Morgan fingerprint density at radius 2 is 2.06 bits per heavy atom. The number of rotatable bonds is 2. The third kappa shape index (κ3) is 1.99. The van der Waals surface area contributed by atoms with Crippen molar-refractivity contribution in [2.45, 2.75) is 19.4 Å². The van der Waals surface area contributed by atoms with Crippen molar-refractivity contribution >= 4 is 5.95 Å².